The zero-order valence-corrected chi connectivity index (χ0v) is 24.9. The number of aliphatic hydroxyl groups is 1. The van der Waals surface area contributed by atoms with Crippen LogP contribution in [0.5, 0.6) is 17.2 Å². The molecule has 42 heavy (non-hydrogen) atoms. The van der Waals surface area contributed by atoms with Gasteiger partial charge in [-0.1, -0.05) is 37.3 Å². The summed E-state index contributed by atoms with van der Waals surface area (Å²) in [6.07, 6.45) is 1.99. The molecule has 0 bridgehead atoms. The topological polar surface area (TPSA) is 87.6 Å². The van der Waals surface area contributed by atoms with E-state index in [9.17, 15) is 9.90 Å². The van der Waals surface area contributed by atoms with E-state index in [-0.39, 0.29) is 18.4 Å². The van der Waals surface area contributed by atoms with Crippen LogP contribution >= 0.6 is 0 Å². The molecule has 5 rings (SSSR count). The van der Waals surface area contributed by atoms with Gasteiger partial charge in [-0.25, -0.2) is 0 Å². The fourth-order valence-electron chi connectivity index (χ4n) is 5.30. The molecule has 1 N–H and O–H groups in total. The molecule has 0 radical (unpaired) electrons. The van der Waals surface area contributed by atoms with Crippen molar-refractivity contribution < 1.29 is 24.1 Å². The summed E-state index contributed by atoms with van der Waals surface area (Å²) < 4.78 is 17.5. The zero-order chi connectivity index (χ0) is 29.5. The predicted molar refractivity (Wildman–Crippen MR) is 161 cm³/mol. The van der Waals surface area contributed by atoms with E-state index in [4.69, 9.17) is 14.2 Å². The Morgan fingerprint density at radius 2 is 1.71 bits per heavy atom. The number of methoxy groups -OCH3 is 1. The maximum Gasteiger partial charge on any atom is 0.272 e. The van der Waals surface area contributed by atoms with Crippen LogP contribution in [0.2, 0.25) is 0 Å². The first-order valence-electron chi connectivity index (χ1n) is 14.8. The molecule has 1 atom stereocenters. The second-order valence-electron chi connectivity index (χ2n) is 11.2. The normalized spacial score (nSPS) is 17.0. The molecule has 9 heteroatoms. The second-order valence-corrected chi connectivity index (χ2v) is 11.2. The SMILES string of the molecule is CCc1ccc(COc2ccc(C3CN(C(=O)c4cc(OC[C@@H](O)CN5CCN(C)CC5)ccn4)C3)cc2OC)cc1. The van der Waals surface area contributed by atoms with Gasteiger partial charge in [0.25, 0.3) is 5.91 Å². The first-order valence-corrected chi connectivity index (χ1v) is 14.8. The standard InChI is InChI=1S/C33H42N4O5/c1-4-24-5-7-25(8-6-24)22-42-31-10-9-26(17-32(31)40-3)27-19-37(20-27)33(39)30-18-29(11-12-34-30)41-23-28(38)21-36-15-13-35(2)14-16-36/h5-12,17-18,27-28,38H,4,13-16,19-23H2,1-3H3/t28-/m0/s1. The number of aromatic nitrogens is 1. The summed E-state index contributed by atoms with van der Waals surface area (Å²) in [7, 11) is 3.75. The third kappa shape index (κ3) is 7.59. The number of likely N-dealkylation sites (tertiary alicyclic amines) is 1. The van der Waals surface area contributed by atoms with Crippen LogP contribution in [-0.2, 0) is 13.0 Å². The van der Waals surface area contributed by atoms with Gasteiger partial charge in [-0.3, -0.25) is 14.7 Å². The number of aryl methyl sites for hydroxylation is 1. The van der Waals surface area contributed by atoms with Gasteiger partial charge >= 0.3 is 0 Å². The van der Waals surface area contributed by atoms with Crippen LogP contribution in [-0.4, -0.2) is 103 Å². The van der Waals surface area contributed by atoms with Gasteiger partial charge in [-0.15, -0.1) is 0 Å². The molecule has 9 nitrogen and oxygen atoms in total. The number of piperazine rings is 1. The highest BCUT2D eigenvalue weighted by Gasteiger charge is 2.33. The molecule has 1 amide bonds. The largest absolute Gasteiger partial charge is 0.493 e. The van der Waals surface area contributed by atoms with Gasteiger partial charge in [0.2, 0.25) is 0 Å². The Morgan fingerprint density at radius 1 is 0.976 bits per heavy atom. The van der Waals surface area contributed by atoms with E-state index in [1.165, 1.54) is 5.56 Å². The summed E-state index contributed by atoms with van der Waals surface area (Å²) in [4.78, 5) is 23.7. The fourth-order valence-corrected chi connectivity index (χ4v) is 5.30. The number of likely N-dealkylation sites (N-methyl/N-ethyl adjacent to an activating group) is 1. The quantitative estimate of drug-likeness (QED) is 0.352. The van der Waals surface area contributed by atoms with E-state index in [1.807, 2.05) is 18.2 Å². The van der Waals surface area contributed by atoms with Crippen molar-refractivity contribution in [2.75, 3.05) is 66.6 Å². The highest BCUT2D eigenvalue weighted by Crippen LogP contribution is 2.35. The Labute approximate surface area is 248 Å². The minimum absolute atomic E-state index is 0.129. The maximum atomic E-state index is 13.1. The third-order valence-electron chi connectivity index (χ3n) is 8.11. The Morgan fingerprint density at radius 3 is 2.43 bits per heavy atom. The minimum atomic E-state index is -0.599. The number of hydrogen-bond acceptors (Lipinski definition) is 8. The number of benzene rings is 2. The molecule has 3 heterocycles. The predicted octanol–water partition coefficient (Wildman–Crippen LogP) is 3.46. The molecular weight excluding hydrogens is 532 g/mol. The van der Waals surface area contributed by atoms with Crippen LogP contribution in [0.25, 0.3) is 0 Å². The van der Waals surface area contributed by atoms with Crippen LogP contribution in [0, 0.1) is 0 Å². The number of ether oxygens (including phenoxy) is 3. The molecule has 3 aromatic rings. The van der Waals surface area contributed by atoms with Gasteiger partial charge in [0.05, 0.1) is 7.11 Å². The number of aliphatic hydroxyl groups excluding tert-OH is 1. The van der Waals surface area contributed by atoms with E-state index in [0.29, 0.717) is 49.2 Å². The highest BCUT2D eigenvalue weighted by molar-refractivity contribution is 5.93. The van der Waals surface area contributed by atoms with Crippen LogP contribution in [0.3, 0.4) is 0 Å². The van der Waals surface area contributed by atoms with Gasteiger partial charge in [-0.05, 0) is 48.4 Å². The summed E-state index contributed by atoms with van der Waals surface area (Å²) in [5, 5.41) is 10.4. The van der Waals surface area contributed by atoms with Crippen LogP contribution < -0.4 is 14.2 Å². The summed E-state index contributed by atoms with van der Waals surface area (Å²) in [5.41, 5.74) is 3.86. The average Bonchev–Trinajstić information content (AvgIpc) is 3.00. The van der Waals surface area contributed by atoms with E-state index in [1.54, 1.807) is 30.3 Å². The molecule has 0 unspecified atom stereocenters. The van der Waals surface area contributed by atoms with Crippen LogP contribution in [0.1, 0.15) is 40.0 Å². The minimum Gasteiger partial charge on any atom is -0.493 e. The molecule has 0 spiro atoms. The summed E-state index contributed by atoms with van der Waals surface area (Å²) in [5.74, 6) is 1.99. The van der Waals surface area contributed by atoms with Crippen molar-refractivity contribution >= 4 is 5.91 Å². The van der Waals surface area contributed by atoms with E-state index in [0.717, 1.165) is 43.7 Å². The van der Waals surface area contributed by atoms with Gasteiger partial charge in [0.1, 0.15) is 30.8 Å². The Hall–Kier alpha value is -3.66. The lowest BCUT2D eigenvalue weighted by Crippen LogP contribution is -2.48. The number of rotatable bonds is 12. The number of nitrogens with zero attached hydrogens (tertiary/aromatic N) is 4. The Kier molecular flexibility index (Phi) is 9.94. The van der Waals surface area contributed by atoms with Gasteiger partial charge in [0.15, 0.2) is 11.5 Å². The maximum absolute atomic E-state index is 13.1. The number of β-amino-alcohol motifs (C(OH)–C–C–N with tert-alkyl or cyclic N) is 1. The molecule has 2 saturated heterocycles. The molecule has 0 aliphatic carbocycles. The molecule has 224 valence electrons. The van der Waals surface area contributed by atoms with Crippen LogP contribution in [0.15, 0.2) is 60.8 Å². The smallest absolute Gasteiger partial charge is 0.272 e. The average molecular weight is 575 g/mol. The fraction of sp³-hybridized carbons (Fsp3) is 0.455. The lowest BCUT2D eigenvalue weighted by Gasteiger charge is -2.39. The Bertz CT molecular complexity index is 1320. The number of carbonyl (C=O) groups excluding carboxylic acids is 1. The van der Waals surface area contributed by atoms with Crippen molar-refractivity contribution in [3.05, 3.63) is 83.2 Å². The third-order valence-corrected chi connectivity index (χ3v) is 8.11. The number of carbonyl (C=O) groups is 1. The first kappa shape index (κ1) is 29.8. The highest BCUT2D eigenvalue weighted by atomic mass is 16.5. The lowest BCUT2D eigenvalue weighted by molar-refractivity contribution is 0.0503. The van der Waals surface area contributed by atoms with Crippen molar-refractivity contribution in [2.24, 2.45) is 0 Å². The number of pyridine rings is 1. The molecule has 2 fully saturated rings. The van der Waals surface area contributed by atoms with Crippen molar-refractivity contribution in [3.63, 3.8) is 0 Å². The summed E-state index contributed by atoms with van der Waals surface area (Å²) in [6, 6.07) is 17.8. The second kappa shape index (κ2) is 14.0. The van der Waals surface area contributed by atoms with E-state index >= 15 is 0 Å². The van der Waals surface area contributed by atoms with Gasteiger partial charge in [-0.2, -0.15) is 0 Å². The summed E-state index contributed by atoms with van der Waals surface area (Å²) in [6.45, 7) is 8.44. The number of amides is 1. The molecule has 0 saturated carbocycles. The van der Waals surface area contributed by atoms with Gasteiger partial charge in [0, 0.05) is 64.0 Å². The van der Waals surface area contributed by atoms with Crippen molar-refractivity contribution in [1.82, 2.24) is 19.7 Å². The number of hydrogen-bond donors (Lipinski definition) is 1. The van der Waals surface area contributed by atoms with Crippen molar-refractivity contribution in [1.29, 1.82) is 0 Å². The monoisotopic (exact) mass is 574 g/mol. The lowest BCUT2D eigenvalue weighted by atomic mass is 9.91. The molecule has 1 aromatic heterocycles. The van der Waals surface area contributed by atoms with E-state index in [2.05, 4.69) is 53.0 Å². The first-order chi connectivity index (χ1) is 20.4. The zero-order valence-electron chi connectivity index (χ0n) is 24.9. The van der Waals surface area contributed by atoms with E-state index < -0.39 is 6.10 Å². The molecule has 2 aromatic carbocycles. The summed E-state index contributed by atoms with van der Waals surface area (Å²) >= 11 is 0. The molecule has 2 aliphatic rings. The van der Waals surface area contributed by atoms with Crippen molar-refractivity contribution in [3.8, 4) is 17.2 Å². The Balaban J connectivity index is 1.10. The van der Waals surface area contributed by atoms with Gasteiger partial charge < -0.3 is 29.1 Å². The van der Waals surface area contributed by atoms with Crippen molar-refractivity contribution in [2.45, 2.75) is 32.0 Å². The molecule has 2 aliphatic heterocycles. The molecular formula is C33H42N4O5. The van der Waals surface area contributed by atoms with Crippen LogP contribution in [0.4, 0.5) is 0 Å².